The fourth-order valence-electron chi connectivity index (χ4n) is 2.78. The van der Waals surface area contributed by atoms with Gasteiger partial charge in [0, 0.05) is 17.8 Å². The Morgan fingerprint density at radius 2 is 2.00 bits per heavy atom. The first-order chi connectivity index (χ1) is 13.9. The van der Waals surface area contributed by atoms with Gasteiger partial charge in [-0.15, -0.1) is 0 Å². The zero-order chi connectivity index (χ0) is 21.0. The van der Waals surface area contributed by atoms with Crippen molar-refractivity contribution in [2.75, 3.05) is 6.61 Å². The Balaban J connectivity index is 2.04. The minimum atomic E-state index is -0.431. The van der Waals surface area contributed by atoms with Gasteiger partial charge in [0.1, 0.15) is 5.82 Å². The van der Waals surface area contributed by atoms with Gasteiger partial charge >= 0.3 is 5.97 Å². The van der Waals surface area contributed by atoms with Crippen molar-refractivity contribution in [2.45, 2.75) is 27.2 Å². The Labute approximate surface area is 176 Å². The largest absolute Gasteiger partial charge is 0.490 e. The van der Waals surface area contributed by atoms with Gasteiger partial charge in [-0.2, -0.15) is 9.78 Å². The van der Waals surface area contributed by atoms with Crippen molar-refractivity contribution in [3.8, 4) is 11.5 Å². The molecule has 0 amide bonds. The highest BCUT2D eigenvalue weighted by atomic mass is 79.9. The number of aromatic nitrogens is 2. The summed E-state index contributed by atoms with van der Waals surface area (Å²) >= 11 is 3.38. The van der Waals surface area contributed by atoms with Gasteiger partial charge in [-0.05, 0) is 48.9 Å². The monoisotopic (exact) mass is 457 g/mol. The summed E-state index contributed by atoms with van der Waals surface area (Å²) in [5, 5.41) is 4.84. The second-order valence-electron chi connectivity index (χ2n) is 6.14. The van der Waals surface area contributed by atoms with Crippen LogP contribution in [0.3, 0.4) is 0 Å². The van der Waals surface area contributed by atoms with Gasteiger partial charge in [-0.1, -0.05) is 22.9 Å². The molecule has 0 aliphatic rings. The second kappa shape index (κ2) is 9.00. The Bertz CT molecular complexity index is 1150. The Morgan fingerprint density at radius 1 is 1.21 bits per heavy atom. The van der Waals surface area contributed by atoms with Gasteiger partial charge in [-0.3, -0.25) is 9.59 Å². The number of esters is 1. The first kappa shape index (κ1) is 20.7. The molecule has 0 saturated heterocycles. The van der Waals surface area contributed by atoms with Crippen molar-refractivity contribution in [3.05, 3.63) is 62.6 Å². The van der Waals surface area contributed by atoms with Gasteiger partial charge in [0.2, 0.25) is 0 Å². The smallest absolute Gasteiger partial charge is 0.308 e. The summed E-state index contributed by atoms with van der Waals surface area (Å²) in [4.78, 5) is 28.7. The van der Waals surface area contributed by atoms with Crippen LogP contribution in [0.5, 0.6) is 11.5 Å². The van der Waals surface area contributed by atoms with E-state index in [9.17, 15) is 9.59 Å². The maximum Gasteiger partial charge on any atom is 0.308 e. The summed E-state index contributed by atoms with van der Waals surface area (Å²) in [6.45, 7) is 5.50. The molecule has 0 fully saturated rings. The third-order valence-electron chi connectivity index (χ3n) is 4.04. The molecule has 7 nitrogen and oxygen atoms in total. The van der Waals surface area contributed by atoms with Crippen LogP contribution >= 0.6 is 15.9 Å². The molecule has 3 aromatic rings. The first-order valence-electron chi connectivity index (χ1n) is 9.13. The summed E-state index contributed by atoms with van der Waals surface area (Å²) in [5.74, 6) is 0.887. The van der Waals surface area contributed by atoms with E-state index < -0.39 is 5.97 Å². The topological polar surface area (TPSA) is 82.8 Å². The molecule has 3 rings (SSSR count). The van der Waals surface area contributed by atoms with Crippen LogP contribution in [-0.4, -0.2) is 28.5 Å². The zero-order valence-corrected chi connectivity index (χ0v) is 17.9. The summed E-state index contributed by atoms with van der Waals surface area (Å²) in [6, 6.07) is 10.4. The summed E-state index contributed by atoms with van der Waals surface area (Å²) in [6.07, 6.45) is 2.10. The molecule has 1 heterocycles. The minimum absolute atomic E-state index is 0.244. The van der Waals surface area contributed by atoms with Crippen molar-refractivity contribution in [2.24, 2.45) is 5.10 Å². The maximum atomic E-state index is 12.9. The third-order valence-corrected chi connectivity index (χ3v) is 4.53. The molecule has 0 bridgehead atoms. The van der Waals surface area contributed by atoms with Crippen molar-refractivity contribution in [1.82, 2.24) is 9.66 Å². The van der Waals surface area contributed by atoms with Gasteiger partial charge in [0.15, 0.2) is 11.5 Å². The van der Waals surface area contributed by atoms with Gasteiger partial charge in [0.05, 0.1) is 23.7 Å². The molecule has 0 aliphatic heterocycles. The highest BCUT2D eigenvalue weighted by Gasteiger charge is 2.11. The normalized spacial score (nSPS) is 11.2. The molecule has 0 radical (unpaired) electrons. The molecule has 0 unspecified atom stereocenters. The fourth-order valence-corrected chi connectivity index (χ4v) is 3.14. The molecule has 0 aliphatic carbocycles. The van der Waals surface area contributed by atoms with E-state index in [1.807, 2.05) is 19.9 Å². The minimum Gasteiger partial charge on any atom is -0.490 e. The predicted molar refractivity (Wildman–Crippen MR) is 115 cm³/mol. The number of halogens is 1. The molecule has 150 valence electrons. The molecule has 0 saturated carbocycles. The number of carbonyl (C=O) groups is 1. The number of rotatable bonds is 6. The number of aryl methyl sites for hydroxylation is 1. The SMILES string of the molecule is CCOc1cc(C=Nn2c(CC)nc3ccc(Br)cc3c2=O)ccc1OC(C)=O. The summed E-state index contributed by atoms with van der Waals surface area (Å²) in [7, 11) is 0. The molecule has 2 aromatic carbocycles. The van der Waals surface area contributed by atoms with E-state index in [2.05, 4.69) is 26.0 Å². The van der Waals surface area contributed by atoms with E-state index in [1.165, 1.54) is 11.6 Å². The van der Waals surface area contributed by atoms with Gasteiger partial charge in [0.25, 0.3) is 5.56 Å². The number of ether oxygens (including phenoxy) is 2. The van der Waals surface area contributed by atoms with E-state index in [0.717, 1.165) is 4.47 Å². The number of carbonyl (C=O) groups excluding carboxylic acids is 1. The van der Waals surface area contributed by atoms with Crippen molar-refractivity contribution >= 4 is 39.0 Å². The number of hydrogen-bond acceptors (Lipinski definition) is 6. The molecule has 1 aromatic heterocycles. The lowest BCUT2D eigenvalue weighted by Gasteiger charge is -2.10. The van der Waals surface area contributed by atoms with Crippen LogP contribution in [0.1, 0.15) is 32.2 Å². The second-order valence-corrected chi connectivity index (χ2v) is 7.05. The molecular weight excluding hydrogens is 438 g/mol. The van der Waals surface area contributed by atoms with Crippen LogP contribution in [-0.2, 0) is 11.2 Å². The van der Waals surface area contributed by atoms with Crippen LogP contribution in [0.2, 0.25) is 0 Å². The molecule has 0 spiro atoms. The zero-order valence-electron chi connectivity index (χ0n) is 16.3. The average Bonchev–Trinajstić information content (AvgIpc) is 2.69. The summed E-state index contributed by atoms with van der Waals surface area (Å²) < 4.78 is 12.8. The van der Waals surface area contributed by atoms with E-state index in [1.54, 1.807) is 36.5 Å². The molecule has 8 heteroatoms. The molecule has 29 heavy (non-hydrogen) atoms. The number of benzene rings is 2. The molecule has 0 N–H and O–H groups in total. The first-order valence-corrected chi connectivity index (χ1v) is 9.93. The quantitative estimate of drug-likeness (QED) is 0.318. The Morgan fingerprint density at radius 3 is 2.69 bits per heavy atom. The van der Waals surface area contributed by atoms with Gasteiger partial charge in [-0.25, -0.2) is 4.98 Å². The number of hydrogen-bond donors (Lipinski definition) is 0. The van der Waals surface area contributed by atoms with E-state index in [0.29, 0.717) is 46.8 Å². The summed E-state index contributed by atoms with van der Waals surface area (Å²) in [5.41, 5.74) is 1.07. The van der Waals surface area contributed by atoms with Crippen molar-refractivity contribution in [3.63, 3.8) is 0 Å². The standard InChI is InChI=1S/C21H20BrN3O4/c1-4-20-24-17-8-7-15(22)11-16(17)21(27)25(20)23-12-14-6-9-18(29-13(3)26)19(10-14)28-5-2/h6-12H,4-5H2,1-3H3. The van der Waals surface area contributed by atoms with Crippen LogP contribution in [0, 0.1) is 0 Å². The van der Waals surface area contributed by atoms with Crippen LogP contribution in [0.4, 0.5) is 0 Å². The van der Waals surface area contributed by atoms with E-state index in [4.69, 9.17) is 9.47 Å². The Hall–Kier alpha value is -3.00. The Kier molecular flexibility index (Phi) is 6.43. The van der Waals surface area contributed by atoms with E-state index >= 15 is 0 Å². The van der Waals surface area contributed by atoms with Crippen LogP contribution in [0.25, 0.3) is 10.9 Å². The average molecular weight is 458 g/mol. The predicted octanol–water partition coefficient (Wildman–Crippen LogP) is 3.93. The lowest BCUT2D eigenvalue weighted by Crippen LogP contribution is -2.22. The maximum absolute atomic E-state index is 12.9. The molecule has 0 atom stereocenters. The van der Waals surface area contributed by atoms with Gasteiger partial charge < -0.3 is 9.47 Å². The van der Waals surface area contributed by atoms with Crippen molar-refractivity contribution in [1.29, 1.82) is 0 Å². The number of fused-ring (bicyclic) bond motifs is 1. The lowest BCUT2D eigenvalue weighted by molar-refractivity contribution is -0.132. The third kappa shape index (κ3) is 4.71. The number of nitrogens with zero attached hydrogens (tertiary/aromatic N) is 3. The fraction of sp³-hybridized carbons (Fsp3) is 0.238. The lowest BCUT2D eigenvalue weighted by atomic mass is 10.2. The molecular formula is C21H20BrN3O4. The van der Waals surface area contributed by atoms with Crippen LogP contribution in [0.15, 0.2) is 50.8 Å². The van der Waals surface area contributed by atoms with Crippen LogP contribution < -0.4 is 15.0 Å². The highest BCUT2D eigenvalue weighted by molar-refractivity contribution is 9.10. The van der Waals surface area contributed by atoms with E-state index in [-0.39, 0.29) is 5.56 Å². The highest BCUT2D eigenvalue weighted by Crippen LogP contribution is 2.28. The van der Waals surface area contributed by atoms with Crippen molar-refractivity contribution < 1.29 is 14.3 Å².